The van der Waals surface area contributed by atoms with Crippen LogP contribution >= 0.6 is 0 Å². The molecule has 5 N–H and O–H groups in total. The molecule has 0 saturated heterocycles. The molecule has 0 atom stereocenters. The van der Waals surface area contributed by atoms with Crippen LogP contribution in [0.5, 0.6) is 0 Å². The first-order valence-corrected chi connectivity index (χ1v) is 5.70. The Morgan fingerprint density at radius 1 is 1.39 bits per heavy atom. The molecule has 0 spiro atoms. The minimum absolute atomic E-state index is 0.0444. The van der Waals surface area contributed by atoms with E-state index in [0.717, 1.165) is 12.8 Å². The van der Waals surface area contributed by atoms with Crippen molar-refractivity contribution in [2.45, 2.75) is 18.9 Å². The van der Waals surface area contributed by atoms with Crippen LogP contribution in [-0.2, 0) is 4.79 Å². The van der Waals surface area contributed by atoms with Crippen molar-refractivity contribution in [1.82, 2.24) is 15.6 Å². The highest BCUT2D eigenvalue weighted by Crippen LogP contribution is 2.18. The van der Waals surface area contributed by atoms with Gasteiger partial charge in [0.05, 0.1) is 6.54 Å². The minimum Gasteiger partial charge on any atom is -0.352 e. The Morgan fingerprint density at radius 3 is 2.83 bits per heavy atom. The summed E-state index contributed by atoms with van der Waals surface area (Å²) < 4.78 is 0. The molecular formula is C11H15N5O2. The van der Waals surface area contributed by atoms with Crippen LogP contribution < -0.4 is 21.9 Å². The molecule has 1 aromatic heterocycles. The van der Waals surface area contributed by atoms with Gasteiger partial charge in [-0.3, -0.25) is 9.59 Å². The van der Waals surface area contributed by atoms with E-state index in [1.54, 1.807) is 18.2 Å². The number of pyridine rings is 1. The van der Waals surface area contributed by atoms with Crippen molar-refractivity contribution in [2.24, 2.45) is 5.84 Å². The molecule has 18 heavy (non-hydrogen) atoms. The zero-order valence-corrected chi connectivity index (χ0v) is 9.77. The van der Waals surface area contributed by atoms with Crippen LogP contribution in [0.15, 0.2) is 18.2 Å². The van der Waals surface area contributed by atoms with Crippen LogP contribution in [-0.4, -0.2) is 29.4 Å². The SMILES string of the molecule is NNc1cccc(C(=O)NCC(=O)NC2CC2)n1. The fourth-order valence-corrected chi connectivity index (χ4v) is 1.40. The largest absolute Gasteiger partial charge is 0.352 e. The second kappa shape index (κ2) is 5.46. The summed E-state index contributed by atoms with van der Waals surface area (Å²) in [6, 6.07) is 5.13. The average Bonchev–Trinajstić information content (AvgIpc) is 3.20. The van der Waals surface area contributed by atoms with Crippen molar-refractivity contribution in [3.05, 3.63) is 23.9 Å². The van der Waals surface area contributed by atoms with Crippen molar-refractivity contribution in [3.8, 4) is 0 Å². The molecule has 2 amide bonds. The third-order valence-electron chi connectivity index (χ3n) is 2.48. The summed E-state index contributed by atoms with van der Waals surface area (Å²) in [4.78, 5) is 27.0. The van der Waals surface area contributed by atoms with Gasteiger partial charge in [-0.15, -0.1) is 0 Å². The predicted octanol–water partition coefficient (Wildman–Crippen LogP) is -0.624. The summed E-state index contributed by atoms with van der Waals surface area (Å²) in [7, 11) is 0. The highest BCUT2D eigenvalue weighted by molar-refractivity contribution is 5.95. The number of nitrogen functional groups attached to an aromatic ring is 1. The van der Waals surface area contributed by atoms with E-state index < -0.39 is 5.91 Å². The molecule has 0 unspecified atom stereocenters. The average molecular weight is 249 g/mol. The number of hydrazine groups is 1. The number of anilines is 1. The third-order valence-corrected chi connectivity index (χ3v) is 2.48. The molecule has 7 heteroatoms. The smallest absolute Gasteiger partial charge is 0.270 e. The monoisotopic (exact) mass is 249 g/mol. The summed E-state index contributed by atoms with van der Waals surface area (Å²) >= 11 is 0. The number of aromatic nitrogens is 1. The second-order valence-corrected chi connectivity index (χ2v) is 4.08. The lowest BCUT2D eigenvalue weighted by atomic mass is 10.3. The Balaban J connectivity index is 1.84. The van der Waals surface area contributed by atoms with Gasteiger partial charge in [-0.05, 0) is 25.0 Å². The molecule has 1 heterocycles. The molecular weight excluding hydrogens is 234 g/mol. The normalized spacial score (nSPS) is 13.8. The van der Waals surface area contributed by atoms with Crippen molar-refractivity contribution >= 4 is 17.6 Å². The maximum Gasteiger partial charge on any atom is 0.270 e. The molecule has 0 radical (unpaired) electrons. The second-order valence-electron chi connectivity index (χ2n) is 4.08. The number of nitrogens with one attached hydrogen (secondary N) is 3. The van der Waals surface area contributed by atoms with Gasteiger partial charge >= 0.3 is 0 Å². The molecule has 7 nitrogen and oxygen atoms in total. The van der Waals surface area contributed by atoms with Gasteiger partial charge in [-0.2, -0.15) is 0 Å². The number of hydrogen-bond donors (Lipinski definition) is 4. The van der Waals surface area contributed by atoms with E-state index >= 15 is 0 Å². The fraction of sp³-hybridized carbons (Fsp3) is 0.364. The zero-order chi connectivity index (χ0) is 13.0. The standard InChI is InChI=1S/C11H15N5O2/c12-16-9-3-1-2-8(15-9)11(18)13-6-10(17)14-7-4-5-7/h1-3,7H,4-6,12H2,(H,13,18)(H,14,17)(H,15,16). The summed E-state index contributed by atoms with van der Waals surface area (Å²) in [6.45, 7) is -0.0444. The van der Waals surface area contributed by atoms with E-state index in [-0.39, 0.29) is 24.2 Å². The lowest BCUT2D eigenvalue weighted by Crippen LogP contribution is -2.38. The number of carbonyl (C=O) groups excluding carboxylic acids is 2. The van der Waals surface area contributed by atoms with Gasteiger partial charge in [0.25, 0.3) is 5.91 Å². The van der Waals surface area contributed by atoms with Gasteiger partial charge in [-0.1, -0.05) is 6.07 Å². The predicted molar refractivity (Wildman–Crippen MR) is 65.5 cm³/mol. The van der Waals surface area contributed by atoms with Crippen molar-refractivity contribution < 1.29 is 9.59 Å². The Kier molecular flexibility index (Phi) is 3.73. The van der Waals surface area contributed by atoms with Crippen molar-refractivity contribution in [1.29, 1.82) is 0 Å². The highest BCUT2D eigenvalue weighted by atomic mass is 16.2. The lowest BCUT2D eigenvalue weighted by Gasteiger charge is -2.06. The topological polar surface area (TPSA) is 109 Å². The zero-order valence-electron chi connectivity index (χ0n) is 9.77. The van der Waals surface area contributed by atoms with Crippen LogP contribution in [0.25, 0.3) is 0 Å². The molecule has 1 saturated carbocycles. The van der Waals surface area contributed by atoms with E-state index in [1.807, 2.05) is 0 Å². The minimum atomic E-state index is -0.405. The van der Waals surface area contributed by atoms with E-state index in [2.05, 4.69) is 21.0 Å². The molecule has 1 aliphatic carbocycles. The van der Waals surface area contributed by atoms with E-state index in [1.165, 1.54) is 0 Å². The van der Waals surface area contributed by atoms with Gasteiger partial charge in [0.2, 0.25) is 5.91 Å². The molecule has 96 valence electrons. The Labute approximate surface area is 104 Å². The van der Waals surface area contributed by atoms with Gasteiger partial charge < -0.3 is 16.1 Å². The number of nitrogens with zero attached hydrogens (tertiary/aromatic N) is 1. The quantitative estimate of drug-likeness (QED) is 0.410. The van der Waals surface area contributed by atoms with Crippen LogP contribution in [0.4, 0.5) is 5.82 Å². The Bertz CT molecular complexity index is 459. The van der Waals surface area contributed by atoms with Gasteiger partial charge in [0.1, 0.15) is 11.5 Å². The summed E-state index contributed by atoms with van der Waals surface area (Å²) in [6.07, 6.45) is 2.04. The molecule has 1 fully saturated rings. The maximum absolute atomic E-state index is 11.7. The van der Waals surface area contributed by atoms with Crippen LogP contribution in [0.3, 0.4) is 0 Å². The summed E-state index contributed by atoms with van der Waals surface area (Å²) in [5.74, 6) is 5.00. The molecule has 0 aromatic carbocycles. The van der Waals surface area contributed by atoms with E-state index in [9.17, 15) is 9.59 Å². The molecule has 0 aliphatic heterocycles. The molecule has 0 bridgehead atoms. The van der Waals surface area contributed by atoms with Gasteiger partial charge in [-0.25, -0.2) is 10.8 Å². The van der Waals surface area contributed by atoms with Gasteiger partial charge in [0, 0.05) is 6.04 Å². The number of nitrogens with two attached hydrogens (primary N) is 1. The number of hydrogen-bond acceptors (Lipinski definition) is 5. The molecule has 1 aliphatic rings. The summed E-state index contributed by atoms with van der Waals surface area (Å²) in [5.41, 5.74) is 2.56. The number of carbonyl (C=O) groups is 2. The van der Waals surface area contributed by atoms with Crippen LogP contribution in [0.1, 0.15) is 23.3 Å². The van der Waals surface area contributed by atoms with E-state index in [0.29, 0.717) is 5.82 Å². The molecule has 2 rings (SSSR count). The molecule has 1 aromatic rings. The fourth-order valence-electron chi connectivity index (χ4n) is 1.40. The summed E-state index contributed by atoms with van der Waals surface area (Å²) in [5, 5.41) is 5.28. The van der Waals surface area contributed by atoms with Crippen molar-refractivity contribution in [2.75, 3.05) is 12.0 Å². The number of rotatable bonds is 5. The van der Waals surface area contributed by atoms with Crippen LogP contribution in [0, 0.1) is 0 Å². The first kappa shape index (κ1) is 12.3. The maximum atomic E-state index is 11.7. The van der Waals surface area contributed by atoms with Crippen molar-refractivity contribution in [3.63, 3.8) is 0 Å². The van der Waals surface area contributed by atoms with Crippen LogP contribution in [0.2, 0.25) is 0 Å². The van der Waals surface area contributed by atoms with E-state index in [4.69, 9.17) is 5.84 Å². The highest BCUT2D eigenvalue weighted by Gasteiger charge is 2.23. The lowest BCUT2D eigenvalue weighted by molar-refractivity contribution is -0.120. The first-order chi connectivity index (χ1) is 8.69. The van der Waals surface area contributed by atoms with Gasteiger partial charge in [0.15, 0.2) is 0 Å². The third kappa shape index (κ3) is 3.42. The Morgan fingerprint density at radius 2 is 2.17 bits per heavy atom. The number of amides is 2. The Hall–Kier alpha value is -2.15. The first-order valence-electron chi connectivity index (χ1n) is 5.70.